The number of rotatable bonds is 3. The monoisotopic (exact) mass is 295 g/mol. The standard InChI is InChI=1S/C14H11Cl2NO2/c15-12-6-2-5-11(13(12)16)14(19)17-8-9-3-1-4-10(18)7-9/h1-7,18H,8H2,(H,17,19). The fourth-order valence-electron chi connectivity index (χ4n) is 1.62. The van der Waals surface area contributed by atoms with E-state index in [0.29, 0.717) is 17.1 Å². The van der Waals surface area contributed by atoms with E-state index in [1.165, 1.54) is 0 Å². The average molecular weight is 296 g/mol. The predicted octanol–water partition coefficient (Wildman–Crippen LogP) is 3.63. The van der Waals surface area contributed by atoms with Crippen LogP contribution in [0.5, 0.6) is 5.75 Å². The van der Waals surface area contributed by atoms with Crippen molar-refractivity contribution in [1.82, 2.24) is 5.32 Å². The number of aromatic hydroxyl groups is 1. The third-order valence-electron chi connectivity index (χ3n) is 2.56. The Morgan fingerprint density at radius 2 is 1.89 bits per heavy atom. The van der Waals surface area contributed by atoms with E-state index >= 15 is 0 Å². The molecule has 2 aromatic rings. The molecule has 5 heteroatoms. The molecule has 3 nitrogen and oxygen atoms in total. The van der Waals surface area contributed by atoms with Gasteiger partial charge in [-0.25, -0.2) is 0 Å². The quantitative estimate of drug-likeness (QED) is 0.908. The zero-order valence-corrected chi connectivity index (χ0v) is 11.4. The van der Waals surface area contributed by atoms with Crippen molar-refractivity contribution in [3.05, 3.63) is 63.6 Å². The zero-order valence-electron chi connectivity index (χ0n) is 9.86. The molecule has 0 heterocycles. The second-order valence-corrected chi connectivity index (χ2v) is 4.74. The van der Waals surface area contributed by atoms with Crippen molar-refractivity contribution in [2.24, 2.45) is 0 Å². The second-order valence-electron chi connectivity index (χ2n) is 3.95. The van der Waals surface area contributed by atoms with Crippen LogP contribution in [0.25, 0.3) is 0 Å². The van der Waals surface area contributed by atoms with Crippen LogP contribution in [0, 0.1) is 0 Å². The highest BCUT2D eigenvalue weighted by Gasteiger charge is 2.12. The van der Waals surface area contributed by atoms with Crippen molar-refractivity contribution in [3.8, 4) is 5.75 Å². The normalized spacial score (nSPS) is 10.2. The van der Waals surface area contributed by atoms with E-state index in [2.05, 4.69) is 5.32 Å². The Kier molecular flexibility index (Phi) is 4.30. The van der Waals surface area contributed by atoms with Crippen LogP contribution in [0.3, 0.4) is 0 Å². The summed E-state index contributed by atoms with van der Waals surface area (Å²) in [5.41, 5.74) is 1.13. The smallest absolute Gasteiger partial charge is 0.253 e. The summed E-state index contributed by atoms with van der Waals surface area (Å²) in [4.78, 5) is 12.0. The van der Waals surface area contributed by atoms with E-state index in [1.54, 1.807) is 42.5 Å². The van der Waals surface area contributed by atoms with Gasteiger partial charge in [0.25, 0.3) is 5.91 Å². The topological polar surface area (TPSA) is 49.3 Å². The minimum atomic E-state index is -0.309. The molecule has 0 bridgehead atoms. The summed E-state index contributed by atoms with van der Waals surface area (Å²) in [6.45, 7) is 0.302. The molecule has 98 valence electrons. The van der Waals surface area contributed by atoms with Gasteiger partial charge in [-0.2, -0.15) is 0 Å². The van der Waals surface area contributed by atoms with Gasteiger partial charge in [0, 0.05) is 6.54 Å². The lowest BCUT2D eigenvalue weighted by atomic mass is 10.2. The molecular weight excluding hydrogens is 285 g/mol. The van der Waals surface area contributed by atoms with Gasteiger partial charge < -0.3 is 10.4 Å². The summed E-state index contributed by atoms with van der Waals surface area (Å²) in [6, 6.07) is 11.6. The van der Waals surface area contributed by atoms with Gasteiger partial charge in [0.15, 0.2) is 0 Å². The number of hydrogen-bond donors (Lipinski definition) is 2. The molecular formula is C14H11Cl2NO2. The first-order valence-electron chi connectivity index (χ1n) is 5.58. The molecule has 19 heavy (non-hydrogen) atoms. The van der Waals surface area contributed by atoms with Gasteiger partial charge in [0.2, 0.25) is 0 Å². The van der Waals surface area contributed by atoms with Crippen LogP contribution < -0.4 is 5.32 Å². The van der Waals surface area contributed by atoms with Gasteiger partial charge in [0.1, 0.15) is 5.75 Å². The van der Waals surface area contributed by atoms with Gasteiger partial charge in [-0.1, -0.05) is 41.4 Å². The van der Waals surface area contributed by atoms with E-state index < -0.39 is 0 Å². The summed E-state index contributed by atoms with van der Waals surface area (Å²) in [5, 5.41) is 12.6. The maximum atomic E-state index is 12.0. The largest absolute Gasteiger partial charge is 0.508 e. The van der Waals surface area contributed by atoms with Crippen LogP contribution >= 0.6 is 23.2 Å². The number of hydrogen-bond acceptors (Lipinski definition) is 2. The SMILES string of the molecule is O=C(NCc1cccc(O)c1)c1cccc(Cl)c1Cl. The summed E-state index contributed by atoms with van der Waals surface area (Å²) in [7, 11) is 0. The Bertz CT molecular complexity index is 614. The Morgan fingerprint density at radius 1 is 1.16 bits per heavy atom. The number of halogens is 2. The maximum absolute atomic E-state index is 12.0. The van der Waals surface area contributed by atoms with Gasteiger partial charge in [-0.15, -0.1) is 0 Å². The third-order valence-corrected chi connectivity index (χ3v) is 3.38. The second kappa shape index (κ2) is 5.95. The Hall–Kier alpha value is -1.71. The molecule has 0 atom stereocenters. The van der Waals surface area contributed by atoms with Gasteiger partial charge >= 0.3 is 0 Å². The molecule has 0 aliphatic carbocycles. The van der Waals surface area contributed by atoms with Gasteiger partial charge in [-0.3, -0.25) is 4.79 Å². The first-order valence-corrected chi connectivity index (χ1v) is 6.33. The summed E-state index contributed by atoms with van der Waals surface area (Å²) < 4.78 is 0. The van der Waals surface area contributed by atoms with Crippen LogP contribution in [0.15, 0.2) is 42.5 Å². The van der Waals surface area contributed by atoms with E-state index in [4.69, 9.17) is 23.2 Å². The van der Waals surface area contributed by atoms with E-state index in [9.17, 15) is 9.90 Å². The minimum Gasteiger partial charge on any atom is -0.508 e. The van der Waals surface area contributed by atoms with Crippen molar-refractivity contribution in [2.75, 3.05) is 0 Å². The summed E-state index contributed by atoms with van der Waals surface area (Å²) in [5.74, 6) is -0.150. The van der Waals surface area contributed by atoms with Crippen LogP contribution in [-0.2, 0) is 6.54 Å². The Balaban J connectivity index is 2.08. The van der Waals surface area contributed by atoms with E-state index in [-0.39, 0.29) is 16.7 Å². The molecule has 0 fully saturated rings. The minimum absolute atomic E-state index is 0.160. The number of amides is 1. The number of carbonyl (C=O) groups is 1. The van der Waals surface area contributed by atoms with Crippen LogP contribution in [-0.4, -0.2) is 11.0 Å². The molecule has 0 saturated heterocycles. The molecule has 0 radical (unpaired) electrons. The lowest BCUT2D eigenvalue weighted by Crippen LogP contribution is -2.23. The van der Waals surface area contributed by atoms with Crippen LogP contribution in [0.1, 0.15) is 15.9 Å². The fourth-order valence-corrected chi connectivity index (χ4v) is 2.01. The molecule has 1 amide bonds. The molecule has 0 saturated carbocycles. The molecule has 0 unspecified atom stereocenters. The molecule has 0 aromatic heterocycles. The van der Waals surface area contributed by atoms with Gasteiger partial charge in [-0.05, 0) is 29.8 Å². The van der Waals surface area contributed by atoms with Crippen molar-refractivity contribution in [3.63, 3.8) is 0 Å². The first-order chi connectivity index (χ1) is 9.08. The molecule has 2 aromatic carbocycles. The highest BCUT2D eigenvalue weighted by atomic mass is 35.5. The average Bonchev–Trinajstić information content (AvgIpc) is 2.39. The zero-order chi connectivity index (χ0) is 13.8. The fraction of sp³-hybridized carbons (Fsp3) is 0.0714. The molecule has 0 aliphatic rings. The van der Waals surface area contributed by atoms with Crippen molar-refractivity contribution < 1.29 is 9.90 Å². The number of phenolic OH excluding ortho intramolecular Hbond substituents is 1. The Morgan fingerprint density at radius 3 is 2.63 bits per heavy atom. The lowest BCUT2D eigenvalue weighted by molar-refractivity contribution is 0.0951. The van der Waals surface area contributed by atoms with Gasteiger partial charge in [0.05, 0.1) is 15.6 Å². The number of nitrogens with one attached hydrogen (secondary N) is 1. The van der Waals surface area contributed by atoms with Crippen LogP contribution in [0.4, 0.5) is 0 Å². The third kappa shape index (κ3) is 3.40. The lowest BCUT2D eigenvalue weighted by Gasteiger charge is -2.08. The Labute approximate surface area is 120 Å². The molecule has 0 spiro atoms. The summed E-state index contributed by atoms with van der Waals surface area (Å²) >= 11 is 11.8. The summed E-state index contributed by atoms with van der Waals surface area (Å²) in [6.07, 6.45) is 0. The number of carbonyl (C=O) groups excluding carboxylic acids is 1. The highest BCUT2D eigenvalue weighted by Crippen LogP contribution is 2.25. The number of phenols is 1. The van der Waals surface area contributed by atoms with Crippen molar-refractivity contribution in [1.29, 1.82) is 0 Å². The molecule has 2 N–H and O–H groups in total. The van der Waals surface area contributed by atoms with E-state index in [1.807, 2.05) is 0 Å². The first kappa shape index (κ1) is 13.7. The molecule has 0 aliphatic heterocycles. The van der Waals surface area contributed by atoms with Crippen LogP contribution in [0.2, 0.25) is 10.0 Å². The maximum Gasteiger partial charge on any atom is 0.253 e. The molecule has 2 rings (SSSR count). The predicted molar refractivity (Wildman–Crippen MR) is 75.7 cm³/mol. The van der Waals surface area contributed by atoms with Crippen molar-refractivity contribution in [2.45, 2.75) is 6.54 Å². The highest BCUT2D eigenvalue weighted by molar-refractivity contribution is 6.43. The number of benzene rings is 2. The van der Waals surface area contributed by atoms with Crippen molar-refractivity contribution >= 4 is 29.1 Å². The van der Waals surface area contributed by atoms with E-state index in [0.717, 1.165) is 5.56 Å².